The number of carbonyl (C=O) groups excluding carboxylic acids is 2. The van der Waals surface area contributed by atoms with Gasteiger partial charge in [-0.3, -0.25) is 4.79 Å². The van der Waals surface area contributed by atoms with Gasteiger partial charge in [-0.1, -0.05) is 17.7 Å². The molecule has 6 nitrogen and oxygen atoms in total. The van der Waals surface area contributed by atoms with E-state index < -0.39 is 11.9 Å². The molecule has 0 unspecified atom stereocenters. The van der Waals surface area contributed by atoms with E-state index in [9.17, 15) is 9.59 Å². The third-order valence-corrected chi connectivity index (χ3v) is 3.79. The number of benzene rings is 2. The van der Waals surface area contributed by atoms with E-state index in [2.05, 4.69) is 4.99 Å². The van der Waals surface area contributed by atoms with Crippen LogP contribution in [0.4, 0.5) is 0 Å². The summed E-state index contributed by atoms with van der Waals surface area (Å²) in [4.78, 5) is 27.6. The summed E-state index contributed by atoms with van der Waals surface area (Å²) < 4.78 is 15.8. The van der Waals surface area contributed by atoms with Gasteiger partial charge in [-0.25, -0.2) is 9.79 Å². The van der Waals surface area contributed by atoms with Crippen molar-refractivity contribution in [1.29, 1.82) is 0 Å². The summed E-state index contributed by atoms with van der Waals surface area (Å²) in [5.74, 6) is -0.0775. The van der Waals surface area contributed by atoms with E-state index in [1.807, 2.05) is 6.92 Å². The Hall–Kier alpha value is -3.12. The van der Waals surface area contributed by atoms with Crippen molar-refractivity contribution in [2.75, 3.05) is 6.61 Å². The summed E-state index contributed by atoms with van der Waals surface area (Å²) in [6.45, 7) is 3.53. The molecule has 0 spiro atoms. The first-order chi connectivity index (χ1) is 13.0. The number of aliphatic imine (C=N–C) groups is 1. The van der Waals surface area contributed by atoms with Crippen LogP contribution in [-0.2, 0) is 14.3 Å². The van der Waals surface area contributed by atoms with Gasteiger partial charge in [0.15, 0.2) is 17.2 Å². The Balaban J connectivity index is 1.91. The van der Waals surface area contributed by atoms with Crippen molar-refractivity contribution in [3.8, 4) is 11.5 Å². The van der Waals surface area contributed by atoms with Crippen molar-refractivity contribution >= 4 is 35.5 Å². The Morgan fingerprint density at radius 2 is 1.93 bits per heavy atom. The third kappa shape index (κ3) is 4.54. The van der Waals surface area contributed by atoms with Crippen molar-refractivity contribution in [3.05, 3.63) is 64.3 Å². The van der Waals surface area contributed by atoms with Crippen molar-refractivity contribution in [2.45, 2.75) is 13.8 Å². The van der Waals surface area contributed by atoms with Crippen molar-refractivity contribution in [1.82, 2.24) is 0 Å². The van der Waals surface area contributed by atoms with E-state index in [-0.39, 0.29) is 11.6 Å². The molecule has 27 heavy (non-hydrogen) atoms. The number of halogens is 1. The minimum atomic E-state index is -0.554. The highest BCUT2D eigenvalue weighted by Crippen LogP contribution is 2.30. The lowest BCUT2D eigenvalue weighted by molar-refractivity contribution is -0.132. The first kappa shape index (κ1) is 18.7. The molecule has 2 aromatic rings. The highest BCUT2D eigenvalue weighted by atomic mass is 35.5. The van der Waals surface area contributed by atoms with E-state index in [0.29, 0.717) is 34.3 Å². The van der Waals surface area contributed by atoms with Gasteiger partial charge in [0.1, 0.15) is 0 Å². The van der Waals surface area contributed by atoms with Crippen molar-refractivity contribution in [3.63, 3.8) is 0 Å². The summed E-state index contributed by atoms with van der Waals surface area (Å²) in [5.41, 5.74) is 1.46. The molecule has 1 heterocycles. The third-order valence-electron chi connectivity index (χ3n) is 3.54. The molecule has 0 aromatic heterocycles. The molecule has 0 radical (unpaired) electrons. The first-order valence-corrected chi connectivity index (χ1v) is 8.58. The second kappa shape index (κ2) is 8.05. The Morgan fingerprint density at radius 1 is 1.19 bits per heavy atom. The Labute approximate surface area is 161 Å². The maximum absolute atomic E-state index is 12.1. The average Bonchev–Trinajstić information content (AvgIpc) is 2.98. The SMILES string of the molecule is CCOc1cc(/C=C2\N=C(c3ccc(Cl)cc3)OC2=O)ccc1OC(C)=O. The lowest BCUT2D eigenvalue weighted by atomic mass is 10.1. The molecule has 2 aromatic carbocycles. The lowest BCUT2D eigenvalue weighted by Crippen LogP contribution is -2.05. The van der Waals surface area contributed by atoms with Gasteiger partial charge in [0.25, 0.3) is 0 Å². The predicted molar refractivity (Wildman–Crippen MR) is 101 cm³/mol. The maximum atomic E-state index is 12.1. The van der Waals surface area contributed by atoms with E-state index in [4.69, 9.17) is 25.8 Å². The minimum absolute atomic E-state index is 0.155. The van der Waals surface area contributed by atoms with Crippen LogP contribution in [0.5, 0.6) is 11.5 Å². The Morgan fingerprint density at radius 3 is 2.59 bits per heavy atom. The smallest absolute Gasteiger partial charge is 0.363 e. The number of carbonyl (C=O) groups is 2. The molecule has 1 aliphatic rings. The molecule has 0 saturated heterocycles. The van der Waals surface area contributed by atoms with E-state index in [1.54, 1.807) is 48.5 Å². The number of esters is 2. The molecule has 138 valence electrons. The second-order valence-electron chi connectivity index (χ2n) is 5.58. The molecule has 1 aliphatic heterocycles. The fraction of sp³-hybridized carbons (Fsp3) is 0.150. The Kier molecular flexibility index (Phi) is 5.57. The van der Waals surface area contributed by atoms with Crippen LogP contribution in [0.1, 0.15) is 25.0 Å². The topological polar surface area (TPSA) is 74.2 Å². The lowest BCUT2D eigenvalue weighted by Gasteiger charge is -2.10. The van der Waals surface area contributed by atoms with E-state index >= 15 is 0 Å². The second-order valence-corrected chi connectivity index (χ2v) is 6.01. The predicted octanol–water partition coefficient (Wildman–Crippen LogP) is 4.01. The van der Waals surface area contributed by atoms with Gasteiger partial charge in [-0.15, -0.1) is 0 Å². The zero-order valence-electron chi connectivity index (χ0n) is 14.7. The van der Waals surface area contributed by atoms with Gasteiger partial charge in [0.2, 0.25) is 5.90 Å². The summed E-state index contributed by atoms with van der Waals surface area (Å²) in [5, 5.41) is 0.579. The van der Waals surface area contributed by atoms with Crippen LogP contribution in [0.25, 0.3) is 6.08 Å². The van der Waals surface area contributed by atoms with Crippen LogP contribution >= 0.6 is 11.6 Å². The zero-order valence-corrected chi connectivity index (χ0v) is 15.4. The zero-order chi connectivity index (χ0) is 19.4. The summed E-state index contributed by atoms with van der Waals surface area (Å²) in [6.07, 6.45) is 1.57. The molecule has 3 rings (SSSR count). The van der Waals surface area contributed by atoms with Crippen LogP contribution in [0.2, 0.25) is 5.02 Å². The number of cyclic esters (lactones) is 1. The molecule has 7 heteroatoms. The quantitative estimate of drug-likeness (QED) is 0.441. The number of hydrogen-bond acceptors (Lipinski definition) is 6. The van der Waals surface area contributed by atoms with Gasteiger partial charge in [-0.05, 0) is 55.0 Å². The highest BCUT2D eigenvalue weighted by Gasteiger charge is 2.24. The van der Waals surface area contributed by atoms with Gasteiger partial charge < -0.3 is 14.2 Å². The average molecular weight is 386 g/mol. The number of ether oxygens (including phenoxy) is 3. The summed E-state index contributed by atoms with van der Waals surface area (Å²) in [6, 6.07) is 11.8. The van der Waals surface area contributed by atoms with Crippen molar-refractivity contribution in [2.24, 2.45) is 4.99 Å². The summed E-state index contributed by atoms with van der Waals surface area (Å²) >= 11 is 5.87. The van der Waals surface area contributed by atoms with Gasteiger partial charge in [-0.2, -0.15) is 0 Å². The molecule has 0 fully saturated rings. The molecular formula is C20H16ClNO5. The maximum Gasteiger partial charge on any atom is 0.363 e. The number of nitrogens with zero attached hydrogens (tertiary/aromatic N) is 1. The standard InChI is InChI=1S/C20H16ClNO5/c1-3-25-18-11-13(4-9-17(18)26-12(2)23)10-16-20(24)27-19(22-16)14-5-7-15(21)8-6-14/h4-11H,3H2,1-2H3/b16-10-. The highest BCUT2D eigenvalue weighted by molar-refractivity contribution is 6.30. The molecule has 0 aliphatic carbocycles. The monoisotopic (exact) mass is 385 g/mol. The largest absolute Gasteiger partial charge is 0.490 e. The van der Waals surface area contributed by atoms with Crippen LogP contribution in [0, 0.1) is 0 Å². The fourth-order valence-corrected chi connectivity index (χ4v) is 2.53. The number of rotatable bonds is 5. The van der Waals surface area contributed by atoms with E-state index in [1.165, 1.54) is 6.92 Å². The van der Waals surface area contributed by atoms with Gasteiger partial charge in [0, 0.05) is 17.5 Å². The minimum Gasteiger partial charge on any atom is -0.490 e. The number of hydrogen-bond donors (Lipinski definition) is 0. The van der Waals surface area contributed by atoms with Crippen LogP contribution in [0.15, 0.2) is 53.2 Å². The molecule has 0 amide bonds. The Bertz CT molecular complexity index is 947. The fourth-order valence-electron chi connectivity index (χ4n) is 2.40. The van der Waals surface area contributed by atoms with Crippen molar-refractivity contribution < 1.29 is 23.8 Å². The normalized spacial score (nSPS) is 14.7. The molecule has 0 bridgehead atoms. The van der Waals surface area contributed by atoms with Gasteiger partial charge in [0.05, 0.1) is 6.61 Å². The van der Waals surface area contributed by atoms with E-state index in [0.717, 1.165) is 0 Å². The molecule has 0 atom stereocenters. The first-order valence-electron chi connectivity index (χ1n) is 8.20. The molecular weight excluding hydrogens is 370 g/mol. The van der Waals surface area contributed by atoms with Crippen LogP contribution < -0.4 is 9.47 Å². The summed E-state index contributed by atoms with van der Waals surface area (Å²) in [7, 11) is 0. The van der Waals surface area contributed by atoms with Gasteiger partial charge >= 0.3 is 11.9 Å². The van der Waals surface area contributed by atoms with Crippen LogP contribution in [-0.4, -0.2) is 24.4 Å². The molecule has 0 saturated carbocycles. The molecule has 0 N–H and O–H groups in total. The van der Waals surface area contributed by atoms with Crippen LogP contribution in [0.3, 0.4) is 0 Å².